The van der Waals surface area contributed by atoms with Crippen LogP contribution in [0.4, 0.5) is 8.78 Å². The molecule has 1 aromatic heterocycles. The molecule has 2 fully saturated rings. The molecule has 2 aliphatic heterocycles. The number of ether oxygens (including phenoxy) is 1. The molecule has 3 heterocycles. The van der Waals surface area contributed by atoms with Gasteiger partial charge in [0.2, 0.25) is 10.0 Å². The SMILES string of the molecule is Cc1nn(C)cc1CNC1(c2cc(F)c(CN3[C@@H](C)CCC(c4ccccc4)S3(=O)=O)cc2F)COC1. The molecule has 2 aliphatic rings. The van der Waals surface area contributed by atoms with Crippen LogP contribution in [0.2, 0.25) is 0 Å². The van der Waals surface area contributed by atoms with Gasteiger partial charge in [-0.3, -0.25) is 10.00 Å². The molecule has 198 valence electrons. The molecule has 0 saturated carbocycles. The number of sulfonamides is 1. The van der Waals surface area contributed by atoms with Crippen LogP contribution in [0, 0.1) is 18.6 Å². The predicted octanol–water partition coefficient (Wildman–Crippen LogP) is 4.08. The highest BCUT2D eigenvalue weighted by Crippen LogP contribution is 2.39. The zero-order valence-electron chi connectivity index (χ0n) is 21.2. The predicted molar refractivity (Wildman–Crippen MR) is 136 cm³/mol. The van der Waals surface area contributed by atoms with Crippen molar-refractivity contribution in [2.75, 3.05) is 13.2 Å². The number of hydrogen-bond donors (Lipinski definition) is 1. The van der Waals surface area contributed by atoms with E-state index in [-0.39, 0.29) is 36.9 Å². The van der Waals surface area contributed by atoms with Crippen LogP contribution >= 0.6 is 0 Å². The summed E-state index contributed by atoms with van der Waals surface area (Å²) in [7, 11) is -1.93. The Balaban J connectivity index is 1.39. The molecule has 7 nitrogen and oxygen atoms in total. The molecule has 5 rings (SSSR count). The van der Waals surface area contributed by atoms with Gasteiger partial charge in [0.05, 0.1) is 24.4 Å². The third-order valence-electron chi connectivity index (χ3n) is 7.60. The largest absolute Gasteiger partial charge is 0.377 e. The average molecular weight is 531 g/mol. The highest BCUT2D eigenvalue weighted by molar-refractivity contribution is 7.89. The van der Waals surface area contributed by atoms with Gasteiger partial charge in [-0.25, -0.2) is 17.2 Å². The minimum atomic E-state index is -3.76. The molecule has 0 bridgehead atoms. The van der Waals surface area contributed by atoms with Gasteiger partial charge >= 0.3 is 0 Å². The molecule has 2 aromatic carbocycles. The van der Waals surface area contributed by atoms with Gasteiger partial charge in [0, 0.05) is 49.1 Å². The molecule has 0 aliphatic carbocycles. The number of nitrogens with one attached hydrogen (secondary N) is 1. The minimum Gasteiger partial charge on any atom is -0.377 e. The number of aryl methyl sites for hydroxylation is 2. The van der Waals surface area contributed by atoms with Gasteiger partial charge in [-0.15, -0.1) is 0 Å². The van der Waals surface area contributed by atoms with Crippen molar-refractivity contribution in [2.45, 2.75) is 56.6 Å². The summed E-state index contributed by atoms with van der Waals surface area (Å²) in [6, 6.07) is 11.1. The zero-order chi connectivity index (χ0) is 26.4. The summed E-state index contributed by atoms with van der Waals surface area (Å²) >= 11 is 0. The Morgan fingerprint density at radius 1 is 1.11 bits per heavy atom. The van der Waals surface area contributed by atoms with Crippen molar-refractivity contribution in [3.63, 3.8) is 0 Å². The van der Waals surface area contributed by atoms with Crippen LogP contribution in [0.15, 0.2) is 48.7 Å². The Hall–Kier alpha value is -2.66. The van der Waals surface area contributed by atoms with Gasteiger partial charge in [0.15, 0.2) is 0 Å². The summed E-state index contributed by atoms with van der Waals surface area (Å²) in [5.41, 5.74) is 1.86. The van der Waals surface area contributed by atoms with E-state index in [1.165, 1.54) is 10.4 Å². The first kappa shape index (κ1) is 26.0. The van der Waals surface area contributed by atoms with Crippen molar-refractivity contribution in [1.29, 1.82) is 0 Å². The molecule has 3 aromatic rings. The third kappa shape index (κ3) is 4.83. The average Bonchev–Trinajstić information content (AvgIpc) is 3.15. The minimum absolute atomic E-state index is 0.0175. The lowest BCUT2D eigenvalue weighted by Crippen LogP contribution is -2.57. The van der Waals surface area contributed by atoms with Gasteiger partial charge in [0.1, 0.15) is 16.9 Å². The Kier molecular flexibility index (Phi) is 6.95. The second-order valence-corrected chi connectivity index (χ2v) is 12.2. The smallest absolute Gasteiger partial charge is 0.221 e. The summed E-state index contributed by atoms with van der Waals surface area (Å²) in [5.74, 6) is -1.22. The van der Waals surface area contributed by atoms with E-state index in [0.717, 1.165) is 17.3 Å². The van der Waals surface area contributed by atoms with Crippen molar-refractivity contribution in [3.8, 4) is 0 Å². The number of benzene rings is 2. The van der Waals surface area contributed by atoms with E-state index >= 15 is 8.78 Å². The van der Waals surface area contributed by atoms with Crippen LogP contribution in [-0.2, 0) is 40.4 Å². The van der Waals surface area contributed by atoms with E-state index in [1.54, 1.807) is 16.8 Å². The van der Waals surface area contributed by atoms with E-state index in [1.807, 2.05) is 45.3 Å². The van der Waals surface area contributed by atoms with Crippen LogP contribution in [0.3, 0.4) is 0 Å². The normalized spacial score (nSPS) is 23.1. The van der Waals surface area contributed by atoms with Gasteiger partial charge in [0.25, 0.3) is 0 Å². The van der Waals surface area contributed by atoms with E-state index in [2.05, 4.69) is 10.4 Å². The highest BCUT2D eigenvalue weighted by Gasteiger charge is 2.44. The lowest BCUT2D eigenvalue weighted by Gasteiger charge is -2.43. The van der Waals surface area contributed by atoms with Crippen LogP contribution in [0.25, 0.3) is 0 Å². The second kappa shape index (κ2) is 9.90. The number of rotatable bonds is 7. The Bertz CT molecular complexity index is 1390. The summed E-state index contributed by atoms with van der Waals surface area (Å²) in [6.07, 6.45) is 3.02. The quantitative estimate of drug-likeness (QED) is 0.498. The first-order valence-electron chi connectivity index (χ1n) is 12.5. The first-order chi connectivity index (χ1) is 17.6. The highest BCUT2D eigenvalue weighted by atomic mass is 32.2. The molecule has 37 heavy (non-hydrogen) atoms. The van der Waals surface area contributed by atoms with Crippen molar-refractivity contribution < 1.29 is 21.9 Å². The molecule has 1 N–H and O–H groups in total. The topological polar surface area (TPSA) is 76.5 Å². The van der Waals surface area contributed by atoms with Gasteiger partial charge in [-0.2, -0.15) is 9.40 Å². The molecule has 2 saturated heterocycles. The van der Waals surface area contributed by atoms with E-state index in [9.17, 15) is 8.42 Å². The second-order valence-electron chi connectivity index (χ2n) is 10.2. The Labute approximate surface area is 216 Å². The van der Waals surface area contributed by atoms with Gasteiger partial charge in [-0.05, 0) is 44.4 Å². The summed E-state index contributed by atoms with van der Waals surface area (Å²) in [5, 5.41) is 6.97. The van der Waals surface area contributed by atoms with Gasteiger partial charge < -0.3 is 4.74 Å². The summed E-state index contributed by atoms with van der Waals surface area (Å²) in [6.45, 7) is 4.33. The molecular weight excluding hydrogens is 498 g/mol. The Morgan fingerprint density at radius 2 is 1.84 bits per heavy atom. The van der Waals surface area contributed by atoms with Crippen molar-refractivity contribution in [2.24, 2.45) is 7.05 Å². The van der Waals surface area contributed by atoms with Crippen LogP contribution in [-0.4, -0.2) is 41.8 Å². The van der Waals surface area contributed by atoms with E-state index in [0.29, 0.717) is 24.9 Å². The lowest BCUT2D eigenvalue weighted by molar-refractivity contribution is -0.0813. The van der Waals surface area contributed by atoms with Crippen LogP contribution in [0.5, 0.6) is 0 Å². The van der Waals surface area contributed by atoms with E-state index in [4.69, 9.17) is 4.74 Å². The van der Waals surface area contributed by atoms with Crippen molar-refractivity contribution in [3.05, 3.63) is 88.2 Å². The third-order valence-corrected chi connectivity index (χ3v) is 9.97. The van der Waals surface area contributed by atoms with Crippen LogP contribution < -0.4 is 5.32 Å². The molecule has 2 atom stereocenters. The molecule has 0 spiro atoms. The molecular formula is C27H32F2N4O3S. The number of aromatic nitrogens is 2. The summed E-state index contributed by atoms with van der Waals surface area (Å²) < 4.78 is 66.4. The monoisotopic (exact) mass is 530 g/mol. The maximum atomic E-state index is 15.5. The maximum Gasteiger partial charge on any atom is 0.221 e. The fraction of sp³-hybridized carbons (Fsp3) is 0.444. The number of halogens is 2. The first-order valence-corrected chi connectivity index (χ1v) is 14.0. The standard InChI is InChI=1S/C27H32F2N4O3S/c1-18-9-10-26(20-7-5-4-6-8-20)37(34,35)33(18)15-21-11-25(29)23(12-24(21)28)27(16-36-17-27)30-13-22-14-32(3)31-19(22)2/h4-8,11-12,14,18,26,30H,9-10,13,15-17H2,1-3H3/t18-,26?/m0/s1. The zero-order valence-corrected chi connectivity index (χ0v) is 22.1. The molecule has 10 heteroatoms. The van der Waals surface area contributed by atoms with Crippen molar-refractivity contribution >= 4 is 10.0 Å². The number of nitrogens with zero attached hydrogens (tertiary/aromatic N) is 3. The van der Waals surface area contributed by atoms with E-state index < -0.39 is 32.4 Å². The molecule has 1 unspecified atom stereocenters. The molecule has 0 amide bonds. The number of hydrogen-bond acceptors (Lipinski definition) is 5. The van der Waals surface area contributed by atoms with Gasteiger partial charge in [-0.1, -0.05) is 30.3 Å². The Morgan fingerprint density at radius 3 is 2.46 bits per heavy atom. The molecule has 0 radical (unpaired) electrons. The fourth-order valence-corrected chi connectivity index (χ4v) is 7.53. The van der Waals surface area contributed by atoms with Crippen LogP contribution in [0.1, 0.15) is 53.0 Å². The summed E-state index contributed by atoms with van der Waals surface area (Å²) in [4.78, 5) is 0. The van der Waals surface area contributed by atoms with Crippen molar-refractivity contribution in [1.82, 2.24) is 19.4 Å². The maximum absolute atomic E-state index is 15.5. The fourth-order valence-electron chi connectivity index (χ4n) is 5.34. The lowest BCUT2D eigenvalue weighted by atomic mass is 9.86.